The van der Waals surface area contributed by atoms with E-state index in [-0.39, 0.29) is 21.7 Å². The molecule has 15 rings (SSSR count). The minimum absolute atomic E-state index is 0.0304. The Hall–Kier alpha value is -8.00. The summed E-state index contributed by atoms with van der Waals surface area (Å²) < 4.78 is 0. The first-order valence-corrected chi connectivity index (χ1v) is 27.7. The van der Waals surface area contributed by atoms with Crippen LogP contribution in [0.2, 0.25) is 0 Å². The summed E-state index contributed by atoms with van der Waals surface area (Å²) >= 11 is 0. The summed E-state index contributed by atoms with van der Waals surface area (Å²) in [6, 6.07) is 82.8. The van der Waals surface area contributed by atoms with Gasteiger partial charge >= 0.3 is 0 Å². The van der Waals surface area contributed by atoms with Crippen molar-refractivity contribution in [3.05, 3.63) is 279 Å². The quantitative estimate of drug-likeness (QED) is 0.170. The van der Waals surface area contributed by atoms with Crippen molar-refractivity contribution in [2.45, 2.75) is 95.3 Å². The molecule has 10 aromatic rings. The van der Waals surface area contributed by atoms with Gasteiger partial charge in [-0.1, -0.05) is 231 Å². The molecule has 0 heterocycles. The van der Waals surface area contributed by atoms with Gasteiger partial charge in [0.1, 0.15) is 0 Å². The minimum Gasteiger partial charge on any atom is -0.310 e. The van der Waals surface area contributed by atoms with E-state index < -0.39 is 5.41 Å². The number of aryl methyl sites for hydroxylation is 1. The van der Waals surface area contributed by atoms with Crippen molar-refractivity contribution >= 4 is 17.1 Å². The highest BCUT2D eigenvalue weighted by Gasteiger charge is 2.53. The minimum atomic E-state index is -0.528. The summed E-state index contributed by atoms with van der Waals surface area (Å²) in [5.74, 6) is 0. The predicted molar refractivity (Wildman–Crippen MR) is 318 cm³/mol. The normalized spacial score (nSPS) is 17.1. The first-order chi connectivity index (χ1) is 36.7. The Morgan fingerprint density at radius 3 is 1.39 bits per heavy atom. The van der Waals surface area contributed by atoms with Crippen LogP contribution in [-0.4, -0.2) is 0 Å². The zero-order valence-corrected chi connectivity index (χ0v) is 45.1. The van der Waals surface area contributed by atoms with E-state index in [0.717, 1.165) is 24.2 Å². The first kappa shape index (κ1) is 45.4. The number of hydrogen-bond acceptors (Lipinski definition) is 1. The van der Waals surface area contributed by atoms with Crippen molar-refractivity contribution in [2.24, 2.45) is 0 Å². The number of hydrogen-bond donors (Lipinski definition) is 0. The largest absolute Gasteiger partial charge is 0.310 e. The van der Waals surface area contributed by atoms with Crippen LogP contribution >= 0.6 is 0 Å². The maximum absolute atomic E-state index is 2.59. The second kappa shape index (κ2) is 15.5. The SMILES string of the molecule is CC(C)(C)c1ccc2c(c1)C1(c3ccccc3-c3ccc(N(c4ccc(-c5cccc6c5C(C)(C)c5ccccc5-6)cc4)c4ccc5c(c4)C4(CCc6ccccc64)c4ccccc4-5)cc31)c1cc(C(C)(C)C)ccc1-2. The van der Waals surface area contributed by atoms with Crippen LogP contribution in [0, 0.1) is 0 Å². The average molecular weight is 978 g/mol. The van der Waals surface area contributed by atoms with Crippen LogP contribution in [0.15, 0.2) is 212 Å². The molecule has 5 aliphatic rings. The number of anilines is 3. The van der Waals surface area contributed by atoms with Crippen LogP contribution in [0.25, 0.3) is 55.6 Å². The summed E-state index contributed by atoms with van der Waals surface area (Å²) in [5.41, 5.74) is 32.5. The van der Waals surface area contributed by atoms with Gasteiger partial charge in [-0.3, -0.25) is 0 Å². The van der Waals surface area contributed by atoms with Gasteiger partial charge < -0.3 is 4.90 Å². The van der Waals surface area contributed by atoms with Gasteiger partial charge in [0.25, 0.3) is 0 Å². The monoisotopic (exact) mass is 977 g/mol. The molecule has 76 heavy (non-hydrogen) atoms. The topological polar surface area (TPSA) is 3.24 Å². The zero-order valence-electron chi connectivity index (χ0n) is 45.1. The van der Waals surface area contributed by atoms with Gasteiger partial charge in [0.2, 0.25) is 0 Å². The first-order valence-electron chi connectivity index (χ1n) is 27.7. The van der Waals surface area contributed by atoms with E-state index in [1.165, 1.54) is 128 Å². The molecule has 2 spiro atoms. The lowest BCUT2D eigenvalue weighted by atomic mass is 9.68. The smallest absolute Gasteiger partial charge is 0.0726 e. The van der Waals surface area contributed by atoms with Crippen LogP contribution < -0.4 is 4.90 Å². The summed E-state index contributed by atoms with van der Waals surface area (Å²) in [5, 5.41) is 0. The van der Waals surface area contributed by atoms with Gasteiger partial charge in [-0.2, -0.15) is 0 Å². The fourth-order valence-electron chi connectivity index (χ4n) is 15.2. The maximum Gasteiger partial charge on any atom is 0.0726 e. The zero-order chi connectivity index (χ0) is 51.7. The van der Waals surface area contributed by atoms with Crippen LogP contribution in [0.5, 0.6) is 0 Å². The van der Waals surface area contributed by atoms with Crippen molar-refractivity contribution in [2.75, 3.05) is 4.90 Å². The third-order valence-electron chi connectivity index (χ3n) is 18.8. The third kappa shape index (κ3) is 5.98. The fourth-order valence-corrected chi connectivity index (χ4v) is 15.2. The van der Waals surface area contributed by atoms with E-state index in [4.69, 9.17) is 0 Å². The lowest BCUT2D eigenvalue weighted by molar-refractivity contribution is 0.586. The summed E-state index contributed by atoms with van der Waals surface area (Å²) in [7, 11) is 0. The molecule has 0 radical (unpaired) electrons. The van der Waals surface area contributed by atoms with Gasteiger partial charge in [0.05, 0.1) is 5.41 Å². The Labute approximate surface area is 449 Å². The highest BCUT2D eigenvalue weighted by Crippen LogP contribution is 2.65. The molecule has 1 unspecified atom stereocenters. The second-order valence-corrected chi connectivity index (χ2v) is 25.2. The highest BCUT2D eigenvalue weighted by molar-refractivity contribution is 5.98. The molecule has 0 saturated carbocycles. The number of fused-ring (bicyclic) bond motifs is 20. The molecule has 1 atom stereocenters. The molecule has 0 saturated heterocycles. The molecule has 0 aromatic heterocycles. The molecular formula is C75H63N. The number of nitrogens with zero attached hydrogens (tertiary/aromatic N) is 1. The molecule has 1 nitrogen and oxygen atoms in total. The molecule has 368 valence electrons. The molecule has 10 aromatic carbocycles. The second-order valence-electron chi connectivity index (χ2n) is 25.2. The standard InChI is InChI=1S/C75H63N/c1-71(2,3)48-30-36-58-59-37-31-49(72(4,5)6)43-68(59)75(67(58)42-48)65-27-16-12-20-55(65)60-39-35-52(45-69(60)75)76(50-32-28-46(29-33-50)53-22-17-23-61-56-21-10-14-25-63(56)73(7,8)70(53)61)51-34-38-57-54-19-11-15-26-64(54)74(66(57)44-51)41-40-47-18-9-13-24-62(47)74/h9-39,42-45H,40-41H2,1-8H3. The fraction of sp³-hybridized carbons (Fsp3) is 0.200. The Bertz CT molecular complexity index is 4050. The molecule has 0 amide bonds. The maximum atomic E-state index is 2.59. The van der Waals surface area contributed by atoms with Gasteiger partial charge in [0.15, 0.2) is 0 Å². The average Bonchev–Trinajstić information content (AvgIpc) is 4.30. The Morgan fingerprint density at radius 1 is 0.342 bits per heavy atom. The van der Waals surface area contributed by atoms with Crippen molar-refractivity contribution < 1.29 is 0 Å². The summed E-state index contributed by atoms with van der Waals surface area (Å²) in [6.07, 6.45) is 2.12. The number of rotatable bonds is 4. The van der Waals surface area contributed by atoms with E-state index in [1.54, 1.807) is 0 Å². The van der Waals surface area contributed by atoms with Gasteiger partial charge in [-0.05, 0) is 182 Å². The highest BCUT2D eigenvalue weighted by atomic mass is 15.1. The molecule has 0 fully saturated rings. The van der Waals surface area contributed by atoms with Crippen molar-refractivity contribution in [1.29, 1.82) is 0 Å². The van der Waals surface area contributed by atoms with Gasteiger partial charge in [0, 0.05) is 27.9 Å². The van der Waals surface area contributed by atoms with E-state index in [2.05, 4.69) is 273 Å². The number of benzene rings is 10. The van der Waals surface area contributed by atoms with Crippen molar-refractivity contribution in [3.63, 3.8) is 0 Å². The van der Waals surface area contributed by atoms with Gasteiger partial charge in [-0.25, -0.2) is 0 Å². The molecule has 0 aliphatic heterocycles. The Morgan fingerprint density at radius 2 is 0.776 bits per heavy atom. The lowest BCUT2D eigenvalue weighted by Crippen LogP contribution is -2.27. The van der Waals surface area contributed by atoms with Crippen LogP contribution in [-0.2, 0) is 33.5 Å². The molecule has 0 N–H and O–H groups in total. The molecule has 5 aliphatic carbocycles. The van der Waals surface area contributed by atoms with E-state index in [9.17, 15) is 0 Å². The van der Waals surface area contributed by atoms with Gasteiger partial charge in [-0.15, -0.1) is 0 Å². The Balaban J connectivity index is 0.975. The van der Waals surface area contributed by atoms with E-state index in [0.29, 0.717) is 0 Å². The molecular weight excluding hydrogens is 915 g/mol. The van der Waals surface area contributed by atoms with Crippen LogP contribution in [0.3, 0.4) is 0 Å². The lowest BCUT2D eigenvalue weighted by Gasteiger charge is -2.34. The van der Waals surface area contributed by atoms with E-state index in [1.807, 2.05) is 0 Å². The third-order valence-corrected chi connectivity index (χ3v) is 18.8. The van der Waals surface area contributed by atoms with Crippen molar-refractivity contribution in [3.8, 4) is 55.6 Å². The molecule has 1 heteroatoms. The summed E-state index contributed by atoms with van der Waals surface area (Å²) in [4.78, 5) is 2.57. The van der Waals surface area contributed by atoms with Crippen LogP contribution in [0.1, 0.15) is 129 Å². The van der Waals surface area contributed by atoms with Crippen LogP contribution in [0.4, 0.5) is 17.1 Å². The Kier molecular flexibility index (Phi) is 9.29. The van der Waals surface area contributed by atoms with E-state index >= 15 is 0 Å². The molecule has 0 bridgehead atoms. The predicted octanol–water partition coefficient (Wildman–Crippen LogP) is 19.3. The summed E-state index contributed by atoms with van der Waals surface area (Å²) in [6.45, 7) is 18.9. The van der Waals surface area contributed by atoms with Crippen molar-refractivity contribution in [1.82, 2.24) is 0 Å².